The third kappa shape index (κ3) is 1.96. The number of ether oxygens (including phenoxy) is 3. The van der Waals surface area contributed by atoms with E-state index in [1.165, 1.54) is 6.34 Å². The van der Waals surface area contributed by atoms with Crippen LogP contribution in [-0.4, -0.2) is 13.1 Å². The number of alkyl halides is 1. The zero-order chi connectivity index (χ0) is 14.3. The predicted octanol–water partition coefficient (Wildman–Crippen LogP) is 2.84. The fraction of sp³-hybridized carbons (Fsp3) is 0.133. The lowest BCUT2D eigenvalue weighted by Crippen LogP contribution is -2.44. The Morgan fingerprint density at radius 2 is 2.00 bits per heavy atom. The predicted molar refractivity (Wildman–Crippen MR) is 73.7 cm³/mol. The van der Waals surface area contributed by atoms with Gasteiger partial charge in [0, 0.05) is 6.07 Å². The van der Waals surface area contributed by atoms with Gasteiger partial charge >= 0.3 is 5.98 Å². The summed E-state index contributed by atoms with van der Waals surface area (Å²) in [4.78, 5) is 4.09. The minimum Gasteiger partial charge on any atom is -0.454 e. The Kier molecular flexibility index (Phi) is 2.50. The number of fused-ring (bicyclic) bond motifs is 2. The highest BCUT2D eigenvalue weighted by Crippen LogP contribution is 2.39. The molecule has 106 valence electrons. The van der Waals surface area contributed by atoms with Crippen LogP contribution in [0.5, 0.6) is 17.2 Å². The summed E-state index contributed by atoms with van der Waals surface area (Å²) >= 11 is 0. The van der Waals surface area contributed by atoms with E-state index in [1.807, 2.05) is 0 Å². The molecule has 0 bridgehead atoms. The Bertz CT molecular complexity index is 735. The van der Waals surface area contributed by atoms with E-state index in [-0.39, 0.29) is 6.79 Å². The van der Waals surface area contributed by atoms with Gasteiger partial charge in [-0.25, -0.2) is 4.99 Å². The van der Waals surface area contributed by atoms with E-state index in [0.29, 0.717) is 28.5 Å². The molecule has 1 N–H and O–H groups in total. The van der Waals surface area contributed by atoms with E-state index < -0.39 is 5.98 Å². The zero-order valence-electron chi connectivity index (χ0n) is 10.9. The van der Waals surface area contributed by atoms with Crippen molar-refractivity contribution in [2.45, 2.75) is 5.98 Å². The number of para-hydroxylation sites is 1. The lowest BCUT2D eigenvalue weighted by Gasteiger charge is -2.29. The van der Waals surface area contributed by atoms with Gasteiger partial charge in [-0.15, -0.1) is 0 Å². The van der Waals surface area contributed by atoms with Gasteiger partial charge in [0.1, 0.15) is 5.75 Å². The Morgan fingerprint density at radius 1 is 1.14 bits per heavy atom. The van der Waals surface area contributed by atoms with Gasteiger partial charge in [-0.2, -0.15) is 4.39 Å². The molecule has 2 aromatic carbocycles. The van der Waals surface area contributed by atoms with Crippen molar-refractivity contribution in [2.75, 3.05) is 6.79 Å². The second-order valence-electron chi connectivity index (χ2n) is 4.63. The number of halogens is 1. The number of aliphatic imine (C=N–C) groups is 1. The number of hydrogen-bond donors (Lipinski definition) is 1. The first-order valence-corrected chi connectivity index (χ1v) is 6.42. The number of nitrogens with one attached hydrogen (secondary N) is 1. The molecule has 0 aliphatic carbocycles. The molecule has 4 rings (SSSR count). The molecule has 5 nitrogen and oxygen atoms in total. The Hall–Kier alpha value is -2.76. The van der Waals surface area contributed by atoms with Crippen molar-refractivity contribution < 1.29 is 18.6 Å². The van der Waals surface area contributed by atoms with Crippen LogP contribution in [0.1, 0.15) is 5.56 Å². The fourth-order valence-corrected chi connectivity index (χ4v) is 2.31. The number of nitrogens with zero attached hydrogens (tertiary/aromatic N) is 1. The van der Waals surface area contributed by atoms with E-state index in [0.717, 1.165) is 0 Å². The van der Waals surface area contributed by atoms with Gasteiger partial charge in [0.15, 0.2) is 11.5 Å². The van der Waals surface area contributed by atoms with Crippen LogP contribution in [0.25, 0.3) is 0 Å². The summed E-state index contributed by atoms with van der Waals surface area (Å²) in [6, 6.07) is 11.8. The first-order chi connectivity index (χ1) is 10.2. The minimum atomic E-state index is -2.17. The van der Waals surface area contributed by atoms with Crippen LogP contribution in [0.15, 0.2) is 47.5 Å². The third-order valence-corrected chi connectivity index (χ3v) is 3.31. The summed E-state index contributed by atoms with van der Waals surface area (Å²) in [5.74, 6) is -0.687. The molecule has 2 aliphatic heterocycles. The largest absolute Gasteiger partial charge is 0.454 e. The summed E-state index contributed by atoms with van der Waals surface area (Å²) in [6.45, 7) is 0.160. The summed E-state index contributed by atoms with van der Waals surface area (Å²) in [5, 5.41) is 2.52. The van der Waals surface area contributed by atoms with E-state index in [2.05, 4.69) is 10.3 Å². The van der Waals surface area contributed by atoms with E-state index in [4.69, 9.17) is 14.2 Å². The maximum Gasteiger partial charge on any atom is 0.360 e. The Balaban J connectivity index is 1.69. The molecule has 2 aliphatic rings. The SMILES string of the molecule is FC1(Oc2ccc3c(c2)OCO3)NC=Nc2ccccc21. The van der Waals surface area contributed by atoms with Gasteiger partial charge in [0.25, 0.3) is 0 Å². The van der Waals surface area contributed by atoms with Crippen LogP contribution >= 0.6 is 0 Å². The van der Waals surface area contributed by atoms with Crippen molar-refractivity contribution in [3.8, 4) is 17.2 Å². The van der Waals surface area contributed by atoms with Gasteiger partial charge in [-0.3, -0.25) is 0 Å². The molecule has 0 aromatic heterocycles. The first kappa shape index (κ1) is 12.0. The molecule has 0 fully saturated rings. The molecule has 0 amide bonds. The lowest BCUT2D eigenvalue weighted by atomic mass is 10.1. The summed E-state index contributed by atoms with van der Waals surface area (Å²) < 4.78 is 31.1. The van der Waals surface area contributed by atoms with Crippen molar-refractivity contribution in [2.24, 2.45) is 4.99 Å². The molecule has 0 spiro atoms. The third-order valence-electron chi connectivity index (χ3n) is 3.31. The van der Waals surface area contributed by atoms with Crippen LogP contribution in [-0.2, 0) is 5.98 Å². The van der Waals surface area contributed by atoms with Gasteiger partial charge in [-0.05, 0) is 24.3 Å². The average Bonchev–Trinajstić information content (AvgIpc) is 2.95. The number of rotatable bonds is 2. The van der Waals surface area contributed by atoms with Crippen molar-refractivity contribution >= 4 is 12.0 Å². The standard InChI is InChI=1S/C15H11FN2O3/c16-15(11-3-1-2-4-12(11)17-8-18-15)21-10-5-6-13-14(7-10)20-9-19-13/h1-8H,9H2,(H,17,18). The normalized spacial score (nSPS) is 21.6. The van der Waals surface area contributed by atoms with Gasteiger partial charge < -0.3 is 19.5 Å². The molecular formula is C15H11FN2O3. The highest BCUT2D eigenvalue weighted by Gasteiger charge is 2.38. The average molecular weight is 286 g/mol. The van der Waals surface area contributed by atoms with Crippen LogP contribution in [0.2, 0.25) is 0 Å². The van der Waals surface area contributed by atoms with Crippen LogP contribution < -0.4 is 19.5 Å². The first-order valence-electron chi connectivity index (χ1n) is 6.42. The molecule has 1 unspecified atom stereocenters. The lowest BCUT2D eigenvalue weighted by molar-refractivity contribution is -0.0831. The number of benzene rings is 2. The smallest absolute Gasteiger partial charge is 0.360 e. The monoisotopic (exact) mass is 286 g/mol. The minimum absolute atomic E-state index is 0.160. The van der Waals surface area contributed by atoms with Crippen molar-refractivity contribution in [3.05, 3.63) is 48.0 Å². The van der Waals surface area contributed by atoms with Crippen molar-refractivity contribution in [1.29, 1.82) is 0 Å². The van der Waals surface area contributed by atoms with Crippen molar-refractivity contribution in [1.82, 2.24) is 5.32 Å². The molecule has 2 heterocycles. The van der Waals surface area contributed by atoms with Crippen LogP contribution in [0, 0.1) is 0 Å². The second kappa shape index (κ2) is 4.37. The topological polar surface area (TPSA) is 52.1 Å². The molecular weight excluding hydrogens is 275 g/mol. The van der Waals surface area contributed by atoms with Crippen LogP contribution in [0.4, 0.5) is 10.1 Å². The Labute approximate surface area is 120 Å². The van der Waals surface area contributed by atoms with Crippen molar-refractivity contribution in [3.63, 3.8) is 0 Å². The second-order valence-corrected chi connectivity index (χ2v) is 4.63. The van der Waals surface area contributed by atoms with Crippen LogP contribution in [0.3, 0.4) is 0 Å². The van der Waals surface area contributed by atoms with Gasteiger partial charge in [0.05, 0.1) is 17.6 Å². The summed E-state index contributed by atoms with van der Waals surface area (Å²) in [5.41, 5.74) is 0.852. The summed E-state index contributed by atoms with van der Waals surface area (Å²) in [7, 11) is 0. The van der Waals surface area contributed by atoms with E-state index >= 15 is 4.39 Å². The molecule has 1 atom stereocenters. The van der Waals surface area contributed by atoms with Gasteiger partial charge in [0.2, 0.25) is 6.79 Å². The molecule has 0 saturated heterocycles. The molecule has 6 heteroatoms. The summed E-state index contributed by atoms with van der Waals surface area (Å²) in [6.07, 6.45) is 1.29. The molecule has 2 aromatic rings. The Morgan fingerprint density at radius 3 is 2.95 bits per heavy atom. The molecule has 0 saturated carbocycles. The highest BCUT2D eigenvalue weighted by molar-refractivity contribution is 5.68. The quantitative estimate of drug-likeness (QED) is 0.862. The molecule has 0 radical (unpaired) electrons. The maximum absolute atomic E-state index is 15.1. The zero-order valence-corrected chi connectivity index (χ0v) is 10.9. The van der Waals surface area contributed by atoms with E-state index in [1.54, 1.807) is 42.5 Å². The molecule has 21 heavy (non-hydrogen) atoms. The number of hydrogen-bond acceptors (Lipinski definition) is 5. The van der Waals surface area contributed by atoms with Gasteiger partial charge in [-0.1, -0.05) is 12.1 Å². The maximum atomic E-state index is 15.1. The fourth-order valence-electron chi connectivity index (χ4n) is 2.31. The van der Waals surface area contributed by atoms with E-state index in [9.17, 15) is 0 Å². The highest BCUT2D eigenvalue weighted by atomic mass is 19.2.